The lowest BCUT2D eigenvalue weighted by Crippen LogP contribution is -2.26. The minimum Gasteiger partial charge on any atom is -0.347 e. The third-order valence-electron chi connectivity index (χ3n) is 4.97. The summed E-state index contributed by atoms with van der Waals surface area (Å²) < 4.78 is 1.93. The first kappa shape index (κ1) is 15.5. The highest BCUT2D eigenvalue weighted by atomic mass is 15.3. The molecule has 0 radical (unpaired) electrons. The molecule has 0 bridgehead atoms. The van der Waals surface area contributed by atoms with Crippen LogP contribution in [0.15, 0.2) is 0 Å². The number of aromatic nitrogens is 4. The van der Waals surface area contributed by atoms with Crippen LogP contribution in [0.1, 0.15) is 52.7 Å². The van der Waals surface area contributed by atoms with E-state index in [-0.39, 0.29) is 6.04 Å². The molecule has 0 aliphatic carbocycles. The van der Waals surface area contributed by atoms with Crippen molar-refractivity contribution in [2.24, 2.45) is 7.05 Å². The standard InChI is InChI=1S/C17H22N6/c1-10-11(2)19-20-17(14(10)9-18)23-8-6-7-15(23)16-12(3)21-22(5)13(16)4/h15H,6-8H2,1-5H3/t15-/m0/s1. The van der Waals surface area contributed by atoms with Gasteiger partial charge in [-0.3, -0.25) is 4.68 Å². The van der Waals surface area contributed by atoms with Gasteiger partial charge >= 0.3 is 0 Å². The molecule has 23 heavy (non-hydrogen) atoms. The van der Waals surface area contributed by atoms with Crippen LogP contribution in [-0.2, 0) is 7.05 Å². The summed E-state index contributed by atoms with van der Waals surface area (Å²) in [6.07, 6.45) is 2.13. The van der Waals surface area contributed by atoms with Crippen molar-refractivity contribution in [2.75, 3.05) is 11.4 Å². The molecule has 1 aliphatic heterocycles. The second-order valence-electron chi connectivity index (χ2n) is 6.28. The van der Waals surface area contributed by atoms with Crippen molar-refractivity contribution in [1.29, 1.82) is 5.26 Å². The van der Waals surface area contributed by atoms with Crippen LogP contribution in [0.5, 0.6) is 0 Å². The van der Waals surface area contributed by atoms with E-state index in [9.17, 15) is 5.26 Å². The van der Waals surface area contributed by atoms with E-state index < -0.39 is 0 Å². The van der Waals surface area contributed by atoms with E-state index in [1.165, 1.54) is 11.3 Å². The fraction of sp³-hybridized carbons (Fsp3) is 0.529. The largest absolute Gasteiger partial charge is 0.347 e. The summed E-state index contributed by atoms with van der Waals surface area (Å²) in [5.41, 5.74) is 5.86. The van der Waals surface area contributed by atoms with Crippen LogP contribution < -0.4 is 4.90 Å². The average molecular weight is 310 g/mol. The van der Waals surface area contributed by atoms with Gasteiger partial charge in [0.2, 0.25) is 0 Å². The second-order valence-corrected chi connectivity index (χ2v) is 6.28. The Bertz CT molecular complexity index is 798. The van der Waals surface area contributed by atoms with Crippen molar-refractivity contribution in [1.82, 2.24) is 20.0 Å². The van der Waals surface area contributed by atoms with Crippen LogP contribution in [0.3, 0.4) is 0 Å². The van der Waals surface area contributed by atoms with Gasteiger partial charge in [0.05, 0.1) is 17.4 Å². The van der Waals surface area contributed by atoms with E-state index in [0.29, 0.717) is 11.4 Å². The number of rotatable bonds is 2. The number of hydrogen-bond donors (Lipinski definition) is 0. The lowest BCUT2D eigenvalue weighted by Gasteiger charge is -2.27. The first-order chi connectivity index (χ1) is 11.0. The number of hydrogen-bond acceptors (Lipinski definition) is 5. The fourth-order valence-corrected chi connectivity index (χ4v) is 3.52. The zero-order chi connectivity index (χ0) is 16.7. The molecular formula is C17H22N6. The molecule has 3 heterocycles. The third kappa shape index (κ3) is 2.37. The Kier molecular flexibility index (Phi) is 3.80. The van der Waals surface area contributed by atoms with Crippen molar-refractivity contribution in [2.45, 2.75) is 46.6 Å². The molecule has 3 rings (SSSR count). The summed E-state index contributed by atoms with van der Waals surface area (Å²) in [7, 11) is 1.97. The normalized spacial score (nSPS) is 17.6. The number of aryl methyl sites for hydroxylation is 3. The zero-order valence-electron chi connectivity index (χ0n) is 14.4. The highest BCUT2D eigenvalue weighted by Gasteiger charge is 2.33. The first-order valence-electron chi connectivity index (χ1n) is 7.96. The molecule has 6 heteroatoms. The van der Waals surface area contributed by atoms with E-state index >= 15 is 0 Å². The molecule has 0 aromatic carbocycles. The first-order valence-corrected chi connectivity index (χ1v) is 7.96. The van der Waals surface area contributed by atoms with Crippen LogP contribution in [0, 0.1) is 39.0 Å². The molecule has 0 N–H and O–H groups in total. The second kappa shape index (κ2) is 5.65. The zero-order valence-corrected chi connectivity index (χ0v) is 14.4. The predicted octanol–water partition coefficient (Wildman–Crippen LogP) is 2.66. The fourth-order valence-electron chi connectivity index (χ4n) is 3.52. The Hall–Kier alpha value is -2.42. The van der Waals surface area contributed by atoms with Crippen LogP contribution in [-0.4, -0.2) is 26.5 Å². The van der Waals surface area contributed by atoms with Gasteiger partial charge in [-0.25, -0.2) is 0 Å². The van der Waals surface area contributed by atoms with Gasteiger partial charge in [0, 0.05) is 24.8 Å². The van der Waals surface area contributed by atoms with Gasteiger partial charge in [-0.2, -0.15) is 15.5 Å². The van der Waals surface area contributed by atoms with Gasteiger partial charge in [0.1, 0.15) is 11.6 Å². The van der Waals surface area contributed by atoms with Crippen molar-refractivity contribution >= 4 is 5.82 Å². The van der Waals surface area contributed by atoms with E-state index in [0.717, 1.165) is 36.3 Å². The van der Waals surface area contributed by atoms with E-state index in [1.807, 2.05) is 25.6 Å². The van der Waals surface area contributed by atoms with E-state index in [4.69, 9.17) is 0 Å². The molecule has 1 fully saturated rings. The van der Waals surface area contributed by atoms with E-state index in [1.54, 1.807) is 0 Å². The minimum atomic E-state index is 0.215. The van der Waals surface area contributed by atoms with E-state index in [2.05, 4.69) is 40.1 Å². The van der Waals surface area contributed by atoms with Gasteiger partial charge in [-0.15, -0.1) is 5.10 Å². The molecular weight excluding hydrogens is 288 g/mol. The molecule has 6 nitrogen and oxygen atoms in total. The summed E-state index contributed by atoms with van der Waals surface area (Å²) in [6, 6.07) is 2.54. The van der Waals surface area contributed by atoms with Crippen LogP contribution in [0.2, 0.25) is 0 Å². The van der Waals surface area contributed by atoms with Crippen LogP contribution in [0.25, 0.3) is 0 Å². The Labute approximate surface area is 136 Å². The average Bonchev–Trinajstić information content (AvgIpc) is 3.07. The number of nitrogens with zero attached hydrogens (tertiary/aromatic N) is 6. The Balaban J connectivity index is 2.10. The monoisotopic (exact) mass is 310 g/mol. The topological polar surface area (TPSA) is 70.6 Å². The lowest BCUT2D eigenvalue weighted by atomic mass is 10.0. The van der Waals surface area contributed by atoms with Crippen molar-refractivity contribution in [3.63, 3.8) is 0 Å². The Morgan fingerprint density at radius 3 is 2.48 bits per heavy atom. The molecule has 2 aromatic heterocycles. The highest BCUT2D eigenvalue weighted by molar-refractivity contribution is 5.59. The Morgan fingerprint density at radius 1 is 1.13 bits per heavy atom. The van der Waals surface area contributed by atoms with Crippen molar-refractivity contribution in [3.05, 3.63) is 33.8 Å². The maximum absolute atomic E-state index is 9.59. The third-order valence-corrected chi connectivity index (χ3v) is 4.97. The molecule has 1 aliphatic rings. The van der Waals surface area contributed by atoms with Crippen LogP contribution in [0.4, 0.5) is 5.82 Å². The molecule has 1 atom stereocenters. The van der Waals surface area contributed by atoms with Gasteiger partial charge < -0.3 is 4.90 Å². The van der Waals surface area contributed by atoms with Gasteiger partial charge in [0.25, 0.3) is 0 Å². The van der Waals surface area contributed by atoms with Crippen molar-refractivity contribution in [3.8, 4) is 6.07 Å². The summed E-state index contributed by atoms with van der Waals surface area (Å²) in [6.45, 7) is 8.88. The molecule has 2 aromatic rings. The quantitative estimate of drug-likeness (QED) is 0.853. The highest BCUT2D eigenvalue weighted by Crippen LogP contribution is 2.39. The summed E-state index contributed by atoms with van der Waals surface area (Å²) >= 11 is 0. The number of nitriles is 1. The number of anilines is 1. The maximum Gasteiger partial charge on any atom is 0.170 e. The lowest BCUT2D eigenvalue weighted by molar-refractivity contribution is 0.687. The Morgan fingerprint density at radius 2 is 1.87 bits per heavy atom. The smallest absolute Gasteiger partial charge is 0.170 e. The minimum absolute atomic E-state index is 0.215. The van der Waals surface area contributed by atoms with Gasteiger partial charge in [-0.1, -0.05) is 0 Å². The summed E-state index contributed by atoms with van der Waals surface area (Å²) in [4.78, 5) is 2.23. The molecule has 0 spiro atoms. The van der Waals surface area contributed by atoms with Crippen molar-refractivity contribution < 1.29 is 0 Å². The summed E-state index contributed by atoms with van der Waals surface area (Å²) in [5, 5.41) is 22.7. The predicted molar refractivity (Wildman–Crippen MR) is 88.2 cm³/mol. The molecule has 0 amide bonds. The van der Waals surface area contributed by atoms with Gasteiger partial charge in [-0.05, 0) is 46.1 Å². The molecule has 120 valence electrons. The molecule has 0 unspecified atom stereocenters. The molecule has 1 saturated heterocycles. The maximum atomic E-state index is 9.59. The van der Waals surface area contributed by atoms with Gasteiger partial charge in [0.15, 0.2) is 5.82 Å². The molecule has 0 saturated carbocycles. The van der Waals surface area contributed by atoms with Crippen LogP contribution >= 0.6 is 0 Å². The SMILES string of the molecule is Cc1nnc(N2CCC[C@H]2c2c(C)nn(C)c2C)c(C#N)c1C. The summed E-state index contributed by atoms with van der Waals surface area (Å²) in [5.74, 6) is 0.709.